The monoisotopic (exact) mass is 319 g/mol. The van der Waals surface area contributed by atoms with Gasteiger partial charge in [0.05, 0.1) is 10.4 Å². The van der Waals surface area contributed by atoms with Gasteiger partial charge in [-0.05, 0) is 24.3 Å². The minimum Gasteiger partial charge on any atom is -0.480 e. The molecule has 0 spiro atoms. The van der Waals surface area contributed by atoms with Crippen molar-refractivity contribution in [2.75, 3.05) is 5.75 Å². The maximum atomic E-state index is 12.5. The van der Waals surface area contributed by atoms with Crippen molar-refractivity contribution >= 4 is 46.6 Å². The van der Waals surface area contributed by atoms with Gasteiger partial charge in [0.1, 0.15) is 10.9 Å². The molecule has 7 heteroatoms. The van der Waals surface area contributed by atoms with Gasteiger partial charge in [-0.3, -0.25) is 4.79 Å². The van der Waals surface area contributed by atoms with Crippen molar-refractivity contribution in [3.05, 3.63) is 20.8 Å². The van der Waals surface area contributed by atoms with E-state index in [-0.39, 0.29) is 11.3 Å². The Kier molecular flexibility index (Phi) is 4.43. The Labute approximate surface area is 124 Å². The number of carboxylic acid groups (broad SMARTS) is 1. The molecule has 2 heterocycles. The lowest BCUT2D eigenvalue weighted by molar-refractivity contribution is -0.141. The smallest absolute Gasteiger partial charge is 0.327 e. The van der Waals surface area contributed by atoms with Gasteiger partial charge in [0, 0.05) is 5.75 Å². The van der Waals surface area contributed by atoms with Gasteiger partial charge < -0.3 is 10.0 Å². The van der Waals surface area contributed by atoms with Crippen LogP contribution in [-0.4, -0.2) is 39.1 Å². The van der Waals surface area contributed by atoms with Crippen molar-refractivity contribution in [3.8, 4) is 0 Å². The highest BCUT2D eigenvalue weighted by atomic mass is 35.5. The molecule has 0 aliphatic carbocycles. The van der Waals surface area contributed by atoms with Crippen LogP contribution < -0.4 is 0 Å². The second-order valence-corrected chi connectivity index (χ2v) is 6.79. The van der Waals surface area contributed by atoms with Crippen LogP contribution in [0, 0.1) is 6.92 Å². The van der Waals surface area contributed by atoms with E-state index in [1.54, 1.807) is 0 Å². The van der Waals surface area contributed by atoms with Crippen molar-refractivity contribution in [2.24, 2.45) is 0 Å². The molecule has 1 amide bonds. The maximum absolute atomic E-state index is 12.5. The van der Waals surface area contributed by atoms with Crippen LogP contribution in [0.4, 0.5) is 0 Å². The predicted molar refractivity (Wildman–Crippen MR) is 78.2 cm³/mol. The molecule has 2 unspecified atom stereocenters. The fourth-order valence-electron chi connectivity index (χ4n) is 2.03. The van der Waals surface area contributed by atoms with Crippen molar-refractivity contribution in [1.82, 2.24) is 4.90 Å². The molecule has 4 nitrogen and oxygen atoms in total. The van der Waals surface area contributed by atoms with Crippen molar-refractivity contribution in [3.63, 3.8) is 0 Å². The summed E-state index contributed by atoms with van der Waals surface area (Å²) in [6.07, 6.45) is 0.724. The molecular weight excluding hydrogens is 306 g/mol. The molecule has 2 atom stereocenters. The molecular formula is C12H14ClNO3S2. The average molecular weight is 320 g/mol. The first-order chi connectivity index (χ1) is 8.97. The van der Waals surface area contributed by atoms with E-state index >= 15 is 0 Å². The summed E-state index contributed by atoms with van der Waals surface area (Å²) in [5.41, 5.74) is 0.849. The summed E-state index contributed by atoms with van der Waals surface area (Å²) in [6, 6.07) is -0.763. The number of aryl methyl sites for hydroxylation is 1. The molecule has 1 saturated heterocycles. The largest absolute Gasteiger partial charge is 0.480 e. The molecule has 2 rings (SSSR count). The first-order valence-electron chi connectivity index (χ1n) is 5.88. The van der Waals surface area contributed by atoms with Crippen molar-refractivity contribution in [2.45, 2.75) is 31.7 Å². The molecule has 1 aromatic rings. The highest BCUT2D eigenvalue weighted by Gasteiger charge is 2.42. The van der Waals surface area contributed by atoms with Crippen LogP contribution in [0.15, 0.2) is 5.38 Å². The Morgan fingerprint density at radius 3 is 2.74 bits per heavy atom. The number of halogens is 1. The number of hydrogen-bond donors (Lipinski definition) is 1. The molecule has 1 fully saturated rings. The van der Waals surface area contributed by atoms with E-state index in [2.05, 4.69) is 0 Å². The van der Waals surface area contributed by atoms with Crippen LogP contribution in [-0.2, 0) is 4.79 Å². The normalized spacial score (nSPS) is 22.8. The van der Waals surface area contributed by atoms with E-state index < -0.39 is 12.0 Å². The highest BCUT2D eigenvalue weighted by Crippen LogP contribution is 2.36. The maximum Gasteiger partial charge on any atom is 0.327 e. The number of thiophene rings is 1. The van der Waals surface area contributed by atoms with Gasteiger partial charge in [-0.25, -0.2) is 4.79 Å². The summed E-state index contributed by atoms with van der Waals surface area (Å²) in [5, 5.41) is 11.4. The second kappa shape index (κ2) is 5.73. The minimum absolute atomic E-state index is 0.0907. The third-order valence-corrected chi connectivity index (χ3v) is 6.19. The number of aliphatic carboxylic acids is 1. The van der Waals surface area contributed by atoms with Gasteiger partial charge in [0.2, 0.25) is 0 Å². The lowest BCUT2D eigenvalue weighted by atomic mass is 10.2. The van der Waals surface area contributed by atoms with Crippen LogP contribution >= 0.6 is 34.7 Å². The molecule has 19 heavy (non-hydrogen) atoms. The van der Waals surface area contributed by atoms with Gasteiger partial charge >= 0.3 is 5.97 Å². The zero-order chi connectivity index (χ0) is 14.2. The van der Waals surface area contributed by atoms with E-state index in [1.807, 2.05) is 19.2 Å². The summed E-state index contributed by atoms with van der Waals surface area (Å²) < 4.78 is 0. The van der Waals surface area contributed by atoms with Gasteiger partial charge in [0.25, 0.3) is 5.91 Å². The van der Waals surface area contributed by atoms with Gasteiger partial charge in [-0.1, -0.05) is 18.5 Å². The second-order valence-electron chi connectivity index (χ2n) is 4.32. The van der Waals surface area contributed by atoms with Gasteiger partial charge in [-0.2, -0.15) is 0 Å². The van der Waals surface area contributed by atoms with Crippen LogP contribution in [0.25, 0.3) is 0 Å². The quantitative estimate of drug-likeness (QED) is 0.930. The standard InChI is InChI=1S/C12H14ClNO3S2/c1-3-8-14(7(5-18-8)12(16)17)11(15)10-9(13)6(2)4-19-10/h4,7-8H,3,5H2,1-2H3,(H,16,17). The van der Waals surface area contributed by atoms with Crippen LogP contribution in [0.3, 0.4) is 0 Å². The Morgan fingerprint density at radius 2 is 2.26 bits per heavy atom. The summed E-state index contributed by atoms with van der Waals surface area (Å²) >= 11 is 8.89. The molecule has 0 bridgehead atoms. The van der Waals surface area contributed by atoms with E-state index in [9.17, 15) is 14.7 Å². The van der Waals surface area contributed by atoms with Gasteiger partial charge in [0.15, 0.2) is 0 Å². The number of rotatable bonds is 3. The van der Waals surface area contributed by atoms with Crippen LogP contribution in [0.2, 0.25) is 5.02 Å². The minimum atomic E-state index is -0.957. The number of carbonyl (C=O) groups excluding carboxylic acids is 1. The Balaban J connectivity index is 2.34. The third kappa shape index (κ3) is 2.61. The fraction of sp³-hybridized carbons (Fsp3) is 0.500. The number of nitrogens with zero attached hydrogens (tertiary/aromatic N) is 1. The Morgan fingerprint density at radius 1 is 1.58 bits per heavy atom. The summed E-state index contributed by atoms with van der Waals surface area (Å²) in [7, 11) is 0. The zero-order valence-electron chi connectivity index (χ0n) is 10.6. The lowest BCUT2D eigenvalue weighted by Crippen LogP contribution is -2.45. The molecule has 0 radical (unpaired) electrons. The fourth-order valence-corrected chi connectivity index (χ4v) is 4.60. The third-order valence-electron chi connectivity index (χ3n) is 3.05. The number of thioether (sulfide) groups is 1. The van der Waals surface area contributed by atoms with E-state index in [0.29, 0.717) is 15.7 Å². The van der Waals surface area contributed by atoms with E-state index in [4.69, 9.17) is 11.6 Å². The first-order valence-corrected chi connectivity index (χ1v) is 8.18. The number of carbonyl (C=O) groups is 2. The van der Waals surface area contributed by atoms with E-state index in [1.165, 1.54) is 28.0 Å². The molecule has 104 valence electrons. The average Bonchev–Trinajstić information content (AvgIpc) is 2.94. The Bertz CT molecular complexity index is 517. The number of carboxylic acids is 1. The zero-order valence-corrected chi connectivity index (χ0v) is 12.9. The molecule has 0 aromatic carbocycles. The van der Waals surface area contributed by atoms with E-state index in [0.717, 1.165) is 12.0 Å². The SMILES string of the molecule is CCC1SCC(C(=O)O)N1C(=O)c1scc(C)c1Cl. The molecule has 1 aromatic heterocycles. The summed E-state index contributed by atoms with van der Waals surface area (Å²) in [5.74, 6) is -0.796. The molecule has 1 N–H and O–H groups in total. The molecule has 1 aliphatic rings. The van der Waals surface area contributed by atoms with Crippen LogP contribution in [0.1, 0.15) is 28.6 Å². The first kappa shape index (κ1) is 14.7. The summed E-state index contributed by atoms with van der Waals surface area (Å²) in [4.78, 5) is 25.7. The number of amides is 1. The van der Waals surface area contributed by atoms with Crippen molar-refractivity contribution in [1.29, 1.82) is 0 Å². The Hall–Kier alpha value is -0.720. The van der Waals surface area contributed by atoms with Crippen LogP contribution in [0.5, 0.6) is 0 Å². The highest BCUT2D eigenvalue weighted by molar-refractivity contribution is 8.00. The topological polar surface area (TPSA) is 57.6 Å². The van der Waals surface area contributed by atoms with Crippen molar-refractivity contribution < 1.29 is 14.7 Å². The molecule has 1 aliphatic heterocycles. The summed E-state index contributed by atoms with van der Waals surface area (Å²) in [6.45, 7) is 3.78. The molecule has 0 saturated carbocycles. The number of hydrogen-bond acceptors (Lipinski definition) is 4. The predicted octanol–water partition coefficient (Wildman–Crippen LogP) is 3.09. The van der Waals surface area contributed by atoms with Gasteiger partial charge in [-0.15, -0.1) is 23.1 Å². The lowest BCUT2D eigenvalue weighted by Gasteiger charge is -2.26.